The van der Waals surface area contributed by atoms with Crippen LogP contribution in [0.5, 0.6) is 11.5 Å². The van der Waals surface area contributed by atoms with Gasteiger partial charge in [-0.05, 0) is 63.9 Å². The quantitative estimate of drug-likeness (QED) is 0.695. The molecule has 1 fully saturated rings. The fourth-order valence-corrected chi connectivity index (χ4v) is 3.21. The van der Waals surface area contributed by atoms with E-state index in [1.807, 2.05) is 20.8 Å². The van der Waals surface area contributed by atoms with E-state index in [4.69, 9.17) is 9.47 Å². The van der Waals surface area contributed by atoms with Gasteiger partial charge in [-0.2, -0.15) is 13.2 Å². The molecule has 2 heterocycles. The molecule has 0 aliphatic carbocycles. The lowest BCUT2D eigenvalue weighted by atomic mass is 10.1. The summed E-state index contributed by atoms with van der Waals surface area (Å²) in [5, 5.41) is 2.89. The first-order valence-corrected chi connectivity index (χ1v) is 10.1. The van der Waals surface area contributed by atoms with Crippen molar-refractivity contribution in [1.29, 1.82) is 0 Å². The zero-order chi connectivity index (χ0) is 22.6. The molecular weight excluding hydrogens is 411 g/mol. The number of hydrogen-bond acceptors (Lipinski definition) is 5. The number of ether oxygens (including phenoxy) is 2. The zero-order valence-corrected chi connectivity index (χ0v) is 17.7. The van der Waals surface area contributed by atoms with Gasteiger partial charge in [-0.3, -0.25) is 0 Å². The normalized spacial score (nSPS) is 15.5. The summed E-state index contributed by atoms with van der Waals surface area (Å²) in [7, 11) is 0. The van der Waals surface area contributed by atoms with Gasteiger partial charge in [0.25, 0.3) is 0 Å². The lowest BCUT2D eigenvalue weighted by Gasteiger charge is -2.33. The molecule has 31 heavy (non-hydrogen) atoms. The molecule has 0 spiro atoms. The molecule has 168 valence electrons. The Hall–Kier alpha value is -2.97. The summed E-state index contributed by atoms with van der Waals surface area (Å²) < 4.78 is 49.1. The van der Waals surface area contributed by atoms with E-state index in [9.17, 15) is 18.0 Å². The molecule has 0 saturated carbocycles. The highest BCUT2D eigenvalue weighted by Crippen LogP contribution is 2.32. The second kappa shape index (κ2) is 9.03. The number of benzene rings is 1. The average Bonchev–Trinajstić information content (AvgIpc) is 2.67. The van der Waals surface area contributed by atoms with Gasteiger partial charge in [0.1, 0.15) is 22.9 Å². The number of hydrogen-bond donors (Lipinski definition) is 1. The maximum absolute atomic E-state index is 12.7. The van der Waals surface area contributed by atoms with Gasteiger partial charge in [0, 0.05) is 31.4 Å². The largest absolute Gasteiger partial charge is 0.457 e. The molecule has 9 heteroatoms. The SMILES string of the molecule is CC(C)(C)OC(=O)NC1CCN(c2cc(Oc3ccc(C(F)(F)F)cc3)ccn2)CC1. The third-order valence-electron chi connectivity index (χ3n) is 4.67. The van der Waals surface area contributed by atoms with Crippen LogP contribution in [0.15, 0.2) is 42.6 Å². The van der Waals surface area contributed by atoms with Gasteiger partial charge in [-0.1, -0.05) is 0 Å². The Labute approximate surface area is 179 Å². The van der Waals surface area contributed by atoms with Crippen molar-refractivity contribution in [1.82, 2.24) is 10.3 Å². The lowest BCUT2D eigenvalue weighted by molar-refractivity contribution is -0.137. The van der Waals surface area contributed by atoms with Crippen molar-refractivity contribution in [3.63, 3.8) is 0 Å². The van der Waals surface area contributed by atoms with Crippen molar-refractivity contribution in [3.05, 3.63) is 48.2 Å². The van der Waals surface area contributed by atoms with E-state index in [1.54, 1.807) is 18.3 Å². The zero-order valence-electron chi connectivity index (χ0n) is 17.7. The Morgan fingerprint density at radius 3 is 2.29 bits per heavy atom. The fourth-order valence-electron chi connectivity index (χ4n) is 3.21. The molecule has 1 aromatic carbocycles. The van der Waals surface area contributed by atoms with Crippen LogP contribution in [-0.4, -0.2) is 35.8 Å². The highest BCUT2D eigenvalue weighted by molar-refractivity contribution is 5.68. The molecule has 1 N–H and O–H groups in total. The first-order chi connectivity index (χ1) is 14.5. The Bertz CT molecular complexity index is 887. The number of piperidine rings is 1. The van der Waals surface area contributed by atoms with Gasteiger partial charge in [0.2, 0.25) is 0 Å². The lowest BCUT2D eigenvalue weighted by Crippen LogP contribution is -2.46. The average molecular weight is 437 g/mol. The Morgan fingerprint density at radius 1 is 1.06 bits per heavy atom. The van der Waals surface area contributed by atoms with Crippen LogP contribution in [0.4, 0.5) is 23.8 Å². The summed E-state index contributed by atoms with van der Waals surface area (Å²) in [6.45, 7) is 6.84. The van der Waals surface area contributed by atoms with Gasteiger partial charge in [-0.15, -0.1) is 0 Å². The Balaban J connectivity index is 1.56. The molecule has 2 aromatic rings. The molecule has 6 nitrogen and oxygen atoms in total. The Kier molecular flexibility index (Phi) is 6.62. The molecule has 0 unspecified atom stereocenters. The van der Waals surface area contributed by atoms with Crippen molar-refractivity contribution < 1.29 is 27.4 Å². The van der Waals surface area contributed by atoms with E-state index in [0.717, 1.165) is 25.0 Å². The van der Waals surface area contributed by atoms with Crippen LogP contribution in [0.3, 0.4) is 0 Å². The predicted octanol–water partition coefficient (Wildman–Crippen LogP) is 5.39. The van der Waals surface area contributed by atoms with Crippen LogP contribution in [-0.2, 0) is 10.9 Å². The number of nitrogens with one attached hydrogen (secondary N) is 1. The molecule has 0 atom stereocenters. The standard InChI is InChI=1S/C22H26F3N3O3/c1-21(2,3)31-20(29)27-16-9-12-28(13-10-16)19-14-18(8-11-26-19)30-17-6-4-15(5-7-17)22(23,24)25/h4-8,11,14,16H,9-10,12-13H2,1-3H3,(H,27,29). The third-order valence-corrected chi connectivity index (χ3v) is 4.67. The summed E-state index contributed by atoms with van der Waals surface area (Å²) in [5.74, 6) is 1.50. The molecule has 1 saturated heterocycles. The maximum atomic E-state index is 12.7. The number of carbonyl (C=O) groups excluding carboxylic acids is 1. The van der Waals surface area contributed by atoms with E-state index in [1.165, 1.54) is 12.1 Å². The first kappa shape index (κ1) is 22.7. The second-order valence-electron chi connectivity index (χ2n) is 8.38. The third kappa shape index (κ3) is 6.77. The minimum atomic E-state index is -4.38. The number of anilines is 1. The van der Waals surface area contributed by atoms with E-state index >= 15 is 0 Å². The summed E-state index contributed by atoms with van der Waals surface area (Å²) >= 11 is 0. The summed E-state index contributed by atoms with van der Waals surface area (Å²) in [6.07, 6.45) is -1.72. The molecule has 3 rings (SSSR count). The van der Waals surface area contributed by atoms with E-state index in [0.29, 0.717) is 30.4 Å². The predicted molar refractivity (Wildman–Crippen MR) is 110 cm³/mol. The fraction of sp³-hybridized carbons (Fsp3) is 0.455. The van der Waals surface area contributed by atoms with Crippen molar-refractivity contribution in [2.45, 2.75) is 51.4 Å². The van der Waals surface area contributed by atoms with Gasteiger partial charge in [-0.25, -0.2) is 9.78 Å². The number of alkyl halides is 3. The molecule has 1 aromatic heterocycles. The summed E-state index contributed by atoms with van der Waals surface area (Å²) in [6, 6.07) is 7.97. The number of alkyl carbamates (subject to hydrolysis) is 1. The molecule has 0 radical (unpaired) electrons. The van der Waals surface area contributed by atoms with Gasteiger partial charge >= 0.3 is 12.3 Å². The van der Waals surface area contributed by atoms with Crippen LogP contribution >= 0.6 is 0 Å². The highest BCUT2D eigenvalue weighted by Gasteiger charge is 2.30. The maximum Gasteiger partial charge on any atom is 0.416 e. The van der Waals surface area contributed by atoms with Crippen molar-refractivity contribution in [2.24, 2.45) is 0 Å². The number of pyridine rings is 1. The first-order valence-electron chi connectivity index (χ1n) is 10.1. The van der Waals surface area contributed by atoms with Crippen molar-refractivity contribution in [3.8, 4) is 11.5 Å². The molecule has 1 aliphatic rings. The number of rotatable bonds is 4. The van der Waals surface area contributed by atoms with Crippen LogP contribution in [0, 0.1) is 0 Å². The summed E-state index contributed by atoms with van der Waals surface area (Å²) in [5.41, 5.74) is -1.26. The number of amides is 1. The van der Waals surface area contributed by atoms with E-state index < -0.39 is 23.4 Å². The smallest absolute Gasteiger partial charge is 0.416 e. The van der Waals surface area contributed by atoms with E-state index in [2.05, 4.69) is 15.2 Å². The number of nitrogens with zero attached hydrogens (tertiary/aromatic N) is 2. The highest BCUT2D eigenvalue weighted by atomic mass is 19.4. The molecule has 1 aliphatic heterocycles. The molecular formula is C22H26F3N3O3. The number of halogens is 3. The van der Waals surface area contributed by atoms with Crippen LogP contribution < -0.4 is 15.0 Å². The van der Waals surface area contributed by atoms with E-state index in [-0.39, 0.29) is 6.04 Å². The Morgan fingerprint density at radius 2 is 1.71 bits per heavy atom. The number of aromatic nitrogens is 1. The molecule has 0 bridgehead atoms. The van der Waals surface area contributed by atoms with Crippen molar-refractivity contribution in [2.75, 3.05) is 18.0 Å². The van der Waals surface area contributed by atoms with Crippen LogP contribution in [0.25, 0.3) is 0 Å². The van der Waals surface area contributed by atoms with Crippen LogP contribution in [0.2, 0.25) is 0 Å². The van der Waals surface area contributed by atoms with Gasteiger partial charge in [0.15, 0.2) is 0 Å². The van der Waals surface area contributed by atoms with Gasteiger partial charge in [0.05, 0.1) is 5.56 Å². The topological polar surface area (TPSA) is 63.7 Å². The minimum absolute atomic E-state index is 0.0256. The minimum Gasteiger partial charge on any atom is -0.457 e. The summed E-state index contributed by atoms with van der Waals surface area (Å²) in [4.78, 5) is 18.4. The monoisotopic (exact) mass is 437 g/mol. The van der Waals surface area contributed by atoms with Gasteiger partial charge < -0.3 is 19.7 Å². The van der Waals surface area contributed by atoms with Crippen LogP contribution in [0.1, 0.15) is 39.2 Å². The molecule has 1 amide bonds. The second-order valence-corrected chi connectivity index (χ2v) is 8.38. The van der Waals surface area contributed by atoms with Crippen molar-refractivity contribution >= 4 is 11.9 Å². The number of carbonyl (C=O) groups is 1.